The molecule has 6 nitrogen and oxygen atoms in total. The zero-order chi connectivity index (χ0) is 20.6. The Kier molecular flexibility index (Phi) is 7.00. The minimum absolute atomic E-state index is 0.0423. The first kappa shape index (κ1) is 20.6. The van der Waals surface area contributed by atoms with Crippen molar-refractivity contribution >= 4 is 16.8 Å². The van der Waals surface area contributed by atoms with Crippen molar-refractivity contribution in [3.63, 3.8) is 0 Å². The summed E-state index contributed by atoms with van der Waals surface area (Å²) in [6.45, 7) is 2.36. The molecule has 0 aliphatic heterocycles. The maximum atomic E-state index is 12.6. The van der Waals surface area contributed by atoms with E-state index < -0.39 is 11.2 Å². The van der Waals surface area contributed by atoms with Gasteiger partial charge in [0.05, 0.1) is 16.9 Å². The predicted octanol–water partition coefficient (Wildman–Crippen LogP) is 3.52. The van der Waals surface area contributed by atoms with Crippen molar-refractivity contribution in [3.8, 4) is 0 Å². The lowest BCUT2D eigenvalue weighted by atomic mass is 10.0. The van der Waals surface area contributed by atoms with Gasteiger partial charge in [0.2, 0.25) is 5.91 Å². The highest BCUT2D eigenvalue weighted by atomic mass is 16.2. The first-order chi connectivity index (χ1) is 14.1. The lowest BCUT2D eigenvalue weighted by Crippen LogP contribution is -2.33. The molecule has 1 heterocycles. The Morgan fingerprint density at radius 1 is 1.03 bits per heavy atom. The van der Waals surface area contributed by atoms with Crippen LogP contribution in [0.3, 0.4) is 0 Å². The van der Waals surface area contributed by atoms with Crippen molar-refractivity contribution in [1.82, 2.24) is 14.9 Å². The average molecular weight is 393 g/mol. The zero-order valence-electron chi connectivity index (χ0n) is 16.7. The largest absolute Gasteiger partial charge is 0.349 e. The fourth-order valence-corrected chi connectivity index (χ4v) is 3.55. The van der Waals surface area contributed by atoms with Gasteiger partial charge in [-0.3, -0.25) is 19.1 Å². The summed E-state index contributed by atoms with van der Waals surface area (Å²) in [5, 5.41) is 3.55. The molecule has 1 amide bonds. The molecule has 3 rings (SSSR count). The highest BCUT2D eigenvalue weighted by Gasteiger charge is 2.15. The number of unbranched alkanes of at least 4 members (excludes halogenated alkanes) is 2. The van der Waals surface area contributed by atoms with Gasteiger partial charge >= 0.3 is 5.69 Å². The second kappa shape index (κ2) is 9.87. The van der Waals surface area contributed by atoms with E-state index in [4.69, 9.17) is 0 Å². The van der Waals surface area contributed by atoms with Crippen LogP contribution in [0.5, 0.6) is 0 Å². The molecule has 6 heteroatoms. The Morgan fingerprint density at radius 2 is 1.76 bits per heavy atom. The van der Waals surface area contributed by atoms with E-state index in [1.807, 2.05) is 30.3 Å². The summed E-state index contributed by atoms with van der Waals surface area (Å²) >= 11 is 0. The molecular formula is C23H27N3O3. The van der Waals surface area contributed by atoms with Crippen LogP contribution in [0.4, 0.5) is 0 Å². The standard InChI is InChI=1S/C23H27N3O3/c1-2-3-5-13-19(17-10-6-4-7-11-17)24-21(27)15-16-26-20-14-9-8-12-18(20)22(28)25-23(26)29/h4,6-12,14,19H,2-3,5,13,15-16H2,1H3,(H,24,27)(H,25,28,29). The first-order valence-corrected chi connectivity index (χ1v) is 10.2. The van der Waals surface area contributed by atoms with Crippen molar-refractivity contribution in [2.45, 2.75) is 51.6 Å². The molecule has 0 saturated carbocycles. The second-order valence-corrected chi connectivity index (χ2v) is 7.20. The molecule has 1 unspecified atom stereocenters. The average Bonchev–Trinajstić information content (AvgIpc) is 2.73. The number of carbonyl (C=O) groups is 1. The van der Waals surface area contributed by atoms with E-state index in [9.17, 15) is 14.4 Å². The van der Waals surface area contributed by atoms with Crippen LogP contribution in [0.2, 0.25) is 0 Å². The molecule has 1 aromatic heterocycles. The molecule has 0 saturated heterocycles. The van der Waals surface area contributed by atoms with Crippen molar-refractivity contribution in [3.05, 3.63) is 81.0 Å². The summed E-state index contributed by atoms with van der Waals surface area (Å²) in [4.78, 5) is 39.2. The highest BCUT2D eigenvalue weighted by molar-refractivity contribution is 5.79. The number of benzene rings is 2. The number of rotatable bonds is 9. The van der Waals surface area contributed by atoms with E-state index in [2.05, 4.69) is 17.2 Å². The molecule has 2 aromatic carbocycles. The summed E-state index contributed by atoms with van der Waals surface area (Å²) in [6, 6.07) is 16.8. The van der Waals surface area contributed by atoms with Crippen LogP contribution in [0, 0.1) is 0 Å². The van der Waals surface area contributed by atoms with Crippen LogP contribution >= 0.6 is 0 Å². The van der Waals surface area contributed by atoms with Crippen LogP contribution in [-0.2, 0) is 11.3 Å². The van der Waals surface area contributed by atoms with Crippen molar-refractivity contribution in [1.29, 1.82) is 0 Å². The van der Waals surface area contributed by atoms with Gasteiger partial charge in [0, 0.05) is 13.0 Å². The topological polar surface area (TPSA) is 84.0 Å². The van der Waals surface area contributed by atoms with Crippen LogP contribution in [0.1, 0.15) is 50.6 Å². The number of hydrogen-bond acceptors (Lipinski definition) is 3. The number of aryl methyl sites for hydroxylation is 1. The van der Waals surface area contributed by atoms with Crippen molar-refractivity contribution in [2.75, 3.05) is 0 Å². The molecule has 0 spiro atoms. The Morgan fingerprint density at radius 3 is 2.52 bits per heavy atom. The second-order valence-electron chi connectivity index (χ2n) is 7.20. The molecule has 29 heavy (non-hydrogen) atoms. The van der Waals surface area contributed by atoms with E-state index in [1.54, 1.807) is 24.3 Å². The first-order valence-electron chi connectivity index (χ1n) is 10.2. The van der Waals surface area contributed by atoms with Gasteiger partial charge in [-0.1, -0.05) is 68.7 Å². The van der Waals surface area contributed by atoms with E-state index in [1.165, 1.54) is 4.57 Å². The SMILES string of the molecule is CCCCCC(NC(=O)CCn1c(=O)[nH]c(=O)c2ccccc21)c1ccccc1. The van der Waals surface area contributed by atoms with Gasteiger partial charge in [0.25, 0.3) is 5.56 Å². The van der Waals surface area contributed by atoms with Gasteiger partial charge in [-0.25, -0.2) is 4.79 Å². The van der Waals surface area contributed by atoms with Gasteiger partial charge in [0.1, 0.15) is 0 Å². The van der Waals surface area contributed by atoms with Gasteiger partial charge in [-0.05, 0) is 24.1 Å². The lowest BCUT2D eigenvalue weighted by Gasteiger charge is -2.19. The molecule has 0 bridgehead atoms. The number of carbonyl (C=O) groups excluding carboxylic acids is 1. The third-order valence-electron chi connectivity index (χ3n) is 5.10. The number of aromatic nitrogens is 2. The van der Waals surface area contributed by atoms with E-state index in [0.29, 0.717) is 10.9 Å². The zero-order valence-corrected chi connectivity index (χ0v) is 16.7. The van der Waals surface area contributed by atoms with Gasteiger partial charge < -0.3 is 5.32 Å². The third kappa shape index (κ3) is 5.22. The number of H-pyrrole nitrogens is 1. The predicted molar refractivity (Wildman–Crippen MR) is 115 cm³/mol. The highest BCUT2D eigenvalue weighted by Crippen LogP contribution is 2.20. The molecule has 3 aromatic rings. The Balaban J connectivity index is 1.72. The quantitative estimate of drug-likeness (QED) is 0.546. The molecule has 0 radical (unpaired) electrons. The minimum Gasteiger partial charge on any atom is -0.349 e. The summed E-state index contributed by atoms with van der Waals surface area (Å²) in [6.07, 6.45) is 4.33. The number of hydrogen-bond donors (Lipinski definition) is 2. The molecule has 152 valence electrons. The van der Waals surface area contributed by atoms with Crippen LogP contribution in [0.25, 0.3) is 10.9 Å². The Bertz CT molecular complexity index is 1070. The van der Waals surface area contributed by atoms with Crippen LogP contribution < -0.4 is 16.6 Å². The number of amides is 1. The summed E-state index contributed by atoms with van der Waals surface area (Å²) in [7, 11) is 0. The number of para-hydroxylation sites is 1. The summed E-state index contributed by atoms with van der Waals surface area (Å²) < 4.78 is 1.45. The number of nitrogens with one attached hydrogen (secondary N) is 2. The monoisotopic (exact) mass is 393 g/mol. The van der Waals surface area contributed by atoms with Crippen LogP contribution in [0.15, 0.2) is 64.2 Å². The number of aromatic amines is 1. The molecule has 0 aliphatic carbocycles. The third-order valence-corrected chi connectivity index (χ3v) is 5.10. The Labute approximate surface area is 169 Å². The van der Waals surface area contributed by atoms with E-state index >= 15 is 0 Å². The molecule has 1 atom stereocenters. The molecule has 0 fully saturated rings. The molecule has 0 aliphatic rings. The van der Waals surface area contributed by atoms with Crippen molar-refractivity contribution in [2.24, 2.45) is 0 Å². The molecular weight excluding hydrogens is 366 g/mol. The Hall–Kier alpha value is -3.15. The fourth-order valence-electron chi connectivity index (χ4n) is 3.55. The van der Waals surface area contributed by atoms with Crippen molar-refractivity contribution < 1.29 is 4.79 Å². The number of fused-ring (bicyclic) bond motifs is 1. The van der Waals surface area contributed by atoms with Gasteiger partial charge in [-0.15, -0.1) is 0 Å². The van der Waals surface area contributed by atoms with Crippen LogP contribution in [-0.4, -0.2) is 15.5 Å². The van der Waals surface area contributed by atoms with Gasteiger partial charge in [-0.2, -0.15) is 0 Å². The van der Waals surface area contributed by atoms with E-state index in [-0.39, 0.29) is 24.9 Å². The lowest BCUT2D eigenvalue weighted by molar-refractivity contribution is -0.122. The van der Waals surface area contributed by atoms with E-state index in [0.717, 1.165) is 31.2 Å². The fraction of sp³-hybridized carbons (Fsp3) is 0.348. The maximum Gasteiger partial charge on any atom is 0.328 e. The maximum absolute atomic E-state index is 12.6. The normalized spacial score (nSPS) is 12.0. The smallest absolute Gasteiger partial charge is 0.328 e. The summed E-state index contributed by atoms with van der Waals surface area (Å²) in [5.74, 6) is -0.113. The number of nitrogens with zero attached hydrogens (tertiary/aromatic N) is 1. The minimum atomic E-state index is -0.496. The van der Waals surface area contributed by atoms with Gasteiger partial charge in [0.15, 0.2) is 0 Å². The summed E-state index contributed by atoms with van der Waals surface area (Å²) in [5.41, 5.74) is 0.718. The molecule has 2 N–H and O–H groups in total.